The van der Waals surface area contributed by atoms with Gasteiger partial charge in [0, 0.05) is 13.6 Å². The van der Waals surface area contributed by atoms with Crippen LogP contribution in [0.15, 0.2) is 89.8 Å². The van der Waals surface area contributed by atoms with Crippen LogP contribution < -0.4 is 9.62 Å². The number of hydrogen-bond donors (Lipinski definition) is 1. The van der Waals surface area contributed by atoms with Gasteiger partial charge in [0.05, 0.1) is 11.3 Å². The number of amides is 1. The molecular weight excluding hydrogens is 360 g/mol. The topological polar surface area (TPSA) is 66.5 Å². The number of anilines is 1. The fraction of sp³-hybridized carbons (Fsp3) is 0.0952. The zero-order valence-corrected chi connectivity index (χ0v) is 15.7. The fourth-order valence-electron chi connectivity index (χ4n) is 2.68. The first-order valence-electron chi connectivity index (χ1n) is 8.45. The summed E-state index contributed by atoms with van der Waals surface area (Å²) in [7, 11) is -2.40. The van der Waals surface area contributed by atoms with Gasteiger partial charge in [-0.05, 0) is 29.8 Å². The minimum Gasteiger partial charge on any atom is -0.348 e. The van der Waals surface area contributed by atoms with E-state index < -0.39 is 15.9 Å². The molecule has 0 saturated heterocycles. The van der Waals surface area contributed by atoms with Gasteiger partial charge in [-0.25, -0.2) is 8.42 Å². The molecule has 0 unspecified atom stereocenters. The highest BCUT2D eigenvalue weighted by atomic mass is 32.2. The summed E-state index contributed by atoms with van der Waals surface area (Å²) in [5, 5.41) is 2.78. The first-order valence-corrected chi connectivity index (χ1v) is 9.89. The molecule has 3 rings (SSSR count). The molecule has 0 radical (unpaired) electrons. The number of benzene rings is 3. The van der Waals surface area contributed by atoms with Crippen molar-refractivity contribution in [2.24, 2.45) is 0 Å². The van der Waals surface area contributed by atoms with Crippen LogP contribution in [0.3, 0.4) is 0 Å². The van der Waals surface area contributed by atoms with Crippen molar-refractivity contribution in [1.82, 2.24) is 5.32 Å². The van der Waals surface area contributed by atoms with Crippen LogP contribution in [0.1, 0.15) is 15.9 Å². The summed E-state index contributed by atoms with van der Waals surface area (Å²) in [5.41, 5.74) is 1.58. The molecule has 27 heavy (non-hydrogen) atoms. The molecule has 138 valence electrons. The second-order valence-corrected chi connectivity index (χ2v) is 7.91. The lowest BCUT2D eigenvalue weighted by Crippen LogP contribution is -2.30. The second-order valence-electron chi connectivity index (χ2n) is 5.97. The minimum atomic E-state index is -3.88. The van der Waals surface area contributed by atoms with Crippen LogP contribution in [0, 0.1) is 0 Å². The van der Waals surface area contributed by atoms with E-state index in [0.717, 1.165) is 5.56 Å². The van der Waals surface area contributed by atoms with Gasteiger partial charge in [-0.3, -0.25) is 9.10 Å². The van der Waals surface area contributed by atoms with Crippen molar-refractivity contribution in [3.8, 4) is 0 Å². The molecule has 3 aromatic carbocycles. The SMILES string of the molecule is CN(c1ccccc1)S(=O)(=O)c1ccccc1C(=O)NCc1ccccc1. The van der Waals surface area contributed by atoms with Crippen LogP contribution in [0.4, 0.5) is 5.69 Å². The Bertz CT molecular complexity index is 1020. The highest BCUT2D eigenvalue weighted by Crippen LogP contribution is 2.24. The molecule has 0 saturated carbocycles. The number of rotatable bonds is 6. The summed E-state index contributed by atoms with van der Waals surface area (Å²) >= 11 is 0. The number of carbonyl (C=O) groups excluding carboxylic acids is 1. The number of sulfonamides is 1. The molecule has 5 nitrogen and oxygen atoms in total. The van der Waals surface area contributed by atoms with Gasteiger partial charge in [0.25, 0.3) is 15.9 Å². The van der Waals surface area contributed by atoms with Gasteiger partial charge in [-0.1, -0.05) is 60.7 Å². The Morgan fingerprint density at radius 3 is 2.07 bits per heavy atom. The fourth-order valence-corrected chi connectivity index (χ4v) is 4.06. The summed E-state index contributed by atoms with van der Waals surface area (Å²) in [6, 6.07) is 24.4. The molecular formula is C21H20N2O3S. The largest absolute Gasteiger partial charge is 0.348 e. The second kappa shape index (κ2) is 8.05. The van der Waals surface area contributed by atoms with Crippen molar-refractivity contribution >= 4 is 21.6 Å². The lowest BCUT2D eigenvalue weighted by molar-refractivity contribution is 0.0947. The van der Waals surface area contributed by atoms with Crippen LogP contribution in [0.5, 0.6) is 0 Å². The van der Waals surface area contributed by atoms with E-state index in [0.29, 0.717) is 12.2 Å². The maximum absolute atomic E-state index is 13.1. The highest BCUT2D eigenvalue weighted by Gasteiger charge is 2.26. The van der Waals surface area contributed by atoms with Crippen LogP contribution in [-0.2, 0) is 16.6 Å². The Kier molecular flexibility index (Phi) is 5.57. The number of hydrogen-bond acceptors (Lipinski definition) is 3. The zero-order valence-electron chi connectivity index (χ0n) is 14.9. The molecule has 0 spiro atoms. The van der Waals surface area contributed by atoms with Gasteiger partial charge >= 0.3 is 0 Å². The Hall–Kier alpha value is -3.12. The molecule has 0 aliphatic rings. The van der Waals surface area contributed by atoms with E-state index in [-0.39, 0.29) is 10.5 Å². The number of carbonyl (C=O) groups is 1. The molecule has 0 aliphatic heterocycles. The third-order valence-corrected chi connectivity index (χ3v) is 6.03. The molecule has 1 N–H and O–H groups in total. The Morgan fingerprint density at radius 2 is 1.41 bits per heavy atom. The summed E-state index contributed by atoms with van der Waals surface area (Å²) in [4.78, 5) is 12.6. The van der Waals surface area contributed by atoms with E-state index in [2.05, 4.69) is 5.32 Å². The smallest absolute Gasteiger partial charge is 0.264 e. The minimum absolute atomic E-state index is 0.0260. The first-order chi connectivity index (χ1) is 13.0. The molecule has 3 aromatic rings. The number of nitrogens with zero attached hydrogens (tertiary/aromatic N) is 1. The van der Waals surface area contributed by atoms with E-state index in [1.165, 1.54) is 23.5 Å². The first kappa shape index (κ1) is 18.7. The molecule has 0 aromatic heterocycles. The number of para-hydroxylation sites is 1. The van der Waals surface area contributed by atoms with E-state index in [1.807, 2.05) is 36.4 Å². The van der Waals surface area contributed by atoms with Crippen molar-refractivity contribution in [3.63, 3.8) is 0 Å². The molecule has 0 atom stereocenters. The maximum Gasteiger partial charge on any atom is 0.264 e. The van der Waals surface area contributed by atoms with Crippen molar-refractivity contribution < 1.29 is 13.2 Å². The van der Waals surface area contributed by atoms with Gasteiger partial charge in [0.1, 0.15) is 4.90 Å². The van der Waals surface area contributed by atoms with E-state index in [9.17, 15) is 13.2 Å². The third-order valence-electron chi connectivity index (χ3n) is 4.19. The lowest BCUT2D eigenvalue weighted by atomic mass is 10.2. The Morgan fingerprint density at radius 1 is 0.852 bits per heavy atom. The molecule has 6 heteroatoms. The highest BCUT2D eigenvalue weighted by molar-refractivity contribution is 7.92. The summed E-state index contributed by atoms with van der Waals surface area (Å²) in [6.07, 6.45) is 0. The summed E-state index contributed by atoms with van der Waals surface area (Å²) < 4.78 is 27.3. The predicted octanol–water partition coefficient (Wildman–Crippen LogP) is 3.44. The standard InChI is InChI=1S/C21H20N2O3S/c1-23(18-12-6-3-7-13-18)27(25,26)20-15-9-8-14-19(20)21(24)22-16-17-10-4-2-5-11-17/h2-15H,16H2,1H3,(H,22,24). The Balaban J connectivity index is 1.88. The molecule has 0 heterocycles. The van der Waals surface area contributed by atoms with E-state index in [1.54, 1.807) is 36.4 Å². The van der Waals surface area contributed by atoms with E-state index >= 15 is 0 Å². The molecule has 0 bridgehead atoms. The monoisotopic (exact) mass is 380 g/mol. The zero-order chi connectivity index (χ0) is 19.3. The van der Waals surface area contributed by atoms with Gasteiger partial charge in [0.15, 0.2) is 0 Å². The predicted molar refractivity (Wildman–Crippen MR) is 106 cm³/mol. The van der Waals surface area contributed by atoms with Gasteiger partial charge in [0.2, 0.25) is 0 Å². The molecule has 0 aliphatic carbocycles. The van der Waals surface area contributed by atoms with Crippen LogP contribution in [0.2, 0.25) is 0 Å². The Labute approximate surface area is 159 Å². The van der Waals surface area contributed by atoms with Crippen LogP contribution >= 0.6 is 0 Å². The molecule has 1 amide bonds. The summed E-state index contributed by atoms with van der Waals surface area (Å²) in [5.74, 6) is -0.431. The normalized spacial score (nSPS) is 11.0. The van der Waals surface area contributed by atoms with Gasteiger partial charge in [-0.15, -0.1) is 0 Å². The van der Waals surface area contributed by atoms with Gasteiger partial charge in [-0.2, -0.15) is 0 Å². The van der Waals surface area contributed by atoms with Crippen LogP contribution in [-0.4, -0.2) is 21.4 Å². The van der Waals surface area contributed by atoms with Gasteiger partial charge < -0.3 is 5.32 Å². The lowest BCUT2D eigenvalue weighted by Gasteiger charge is -2.21. The van der Waals surface area contributed by atoms with Crippen molar-refractivity contribution in [3.05, 3.63) is 96.1 Å². The third kappa shape index (κ3) is 4.17. The van der Waals surface area contributed by atoms with Crippen molar-refractivity contribution in [1.29, 1.82) is 0 Å². The van der Waals surface area contributed by atoms with Crippen molar-refractivity contribution in [2.45, 2.75) is 11.4 Å². The quantitative estimate of drug-likeness (QED) is 0.712. The van der Waals surface area contributed by atoms with Crippen LogP contribution in [0.25, 0.3) is 0 Å². The summed E-state index contributed by atoms with van der Waals surface area (Å²) in [6.45, 7) is 0.322. The average Bonchev–Trinajstić information content (AvgIpc) is 2.72. The van der Waals surface area contributed by atoms with E-state index in [4.69, 9.17) is 0 Å². The van der Waals surface area contributed by atoms with Crippen molar-refractivity contribution in [2.75, 3.05) is 11.4 Å². The number of nitrogens with one attached hydrogen (secondary N) is 1. The molecule has 0 fully saturated rings. The maximum atomic E-state index is 13.1. The average molecular weight is 380 g/mol.